The maximum Gasteiger partial charge on any atom is 0.322 e. The minimum atomic E-state index is -0.734. The summed E-state index contributed by atoms with van der Waals surface area (Å²) < 4.78 is 27.4. The van der Waals surface area contributed by atoms with Crippen molar-refractivity contribution in [2.24, 2.45) is 5.92 Å². The first-order valence-corrected chi connectivity index (χ1v) is 8.18. The summed E-state index contributed by atoms with van der Waals surface area (Å²) in [6.07, 6.45) is 7.99. The van der Waals surface area contributed by atoms with Crippen molar-refractivity contribution in [2.45, 2.75) is 51.0 Å². The number of halogens is 2. The Morgan fingerprint density at radius 2 is 1.73 bits per heavy atom. The van der Waals surface area contributed by atoms with E-state index in [1.807, 2.05) is 0 Å². The lowest BCUT2D eigenvalue weighted by atomic mass is 9.83. The highest BCUT2D eigenvalue weighted by Gasteiger charge is 2.35. The fourth-order valence-corrected chi connectivity index (χ4v) is 3.85. The molecular weight excluding hydrogens is 286 g/mol. The van der Waals surface area contributed by atoms with Crippen molar-refractivity contribution in [1.29, 1.82) is 0 Å². The zero-order valence-electron chi connectivity index (χ0n) is 12.7. The van der Waals surface area contributed by atoms with Gasteiger partial charge in [0.2, 0.25) is 0 Å². The molecule has 0 spiro atoms. The van der Waals surface area contributed by atoms with Crippen molar-refractivity contribution in [1.82, 2.24) is 4.90 Å². The van der Waals surface area contributed by atoms with E-state index in [0.29, 0.717) is 12.5 Å². The second-order valence-electron chi connectivity index (χ2n) is 6.33. The average Bonchev–Trinajstić information content (AvgIpc) is 3.01. The van der Waals surface area contributed by atoms with E-state index in [4.69, 9.17) is 0 Å². The number of nitrogens with one attached hydrogen (secondary N) is 1. The number of para-hydroxylation sites is 1. The molecule has 1 aromatic carbocycles. The smallest absolute Gasteiger partial charge is 0.321 e. The predicted octanol–water partition coefficient (Wildman–Crippen LogP) is 4.54. The van der Waals surface area contributed by atoms with Crippen LogP contribution < -0.4 is 5.32 Å². The molecule has 1 aliphatic heterocycles. The third-order valence-corrected chi connectivity index (χ3v) is 4.95. The standard InChI is InChI=1S/C17H22F2N2O/c18-13-8-4-9-14(19)16(13)20-17(22)21-11-5-10-15(21)12-6-2-1-3-7-12/h4,8-9,12,15H,1-3,5-7,10-11H2,(H,20,22). The Kier molecular flexibility index (Phi) is 4.60. The van der Waals surface area contributed by atoms with Gasteiger partial charge in [0.05, 0.1) is 0 Å². The van der Waals surface area contributed by atoms with Crippen LogP contribution in [-0.2, 0) is 0 Å². The normalized spacial score (nSPS) is 22.8. The minimum Gasteiger partial charge on any atom is -0.321 e. The molecular formula is C17H22F2N2O. The number of rotatable bonds is 2. The number of likely N-dealkylation sites (tertiary alicyclic amines) is 1. The monoisotopic (exact) mass is 308 g/mol. The van der Waals surface area contributed by atoms with Crippen molar-refractivity contribution in [3.05, 3.63) is 29.8 Å². The summed E-state index contributed by atoms with van der Waals surface area (Å²) in [5, 5.41) is 2.43. The Morgan fingerprint density at radius 1 is 1.05 bits per heavy atom. The van der Waals surface area contributed by atoms with Crippen LogP contribution in [0.15, 0.2) is 18.2 Å². The number of benzene rings is 1. The molecule has 1 aliphatic carbocycles. The molecule has 1 unspecified atom stereocenters. The summed E-state index contributed by atoms with van der Waals surface area (Å²) in [7, 11) is 0. The van der Waals surface area contributed by atoms with Gasteiger partial charge in [-0.05, 0) is 43.7 Å². The average molecular weight is 308 g/mol. The van der Waals surface area contributed by atoms with Crippen LogP contribution in [0.25, 0.3) is 0 Å². The lowest BCUT2D eigenvalue weighted by molar-refractivity contribution is 0.166. The first-order valence-electron chi connectivity index (χ1n) is 8.18. The SMILES string of the molecule is O=C(Nc1c(F)cccc1F)N1CCCC1C1CCCCC1. The molecule has 0 radical (unpaired) electrons. The summed E-state index contributed by atoms with van der Waals surface area (Å²) in [6, 6.07) is 3.44. The van der Waals surface area contributed by atoms with Gasteiger partial charge in [-0.15, -0.1) is 0 Å². The topological polar surface area (TPSA) is 32.3 Å². The molecule has 1 heterocycles. The molecule has 5 heteroatoms. The van der Waals surface area contributed by atoms with Crippen LogP contribution >= 0.6 is 0 Å². The highest BCUT2D eigenvalue weighted by Crippen LogP contribution is 2.34. The molecule has 2 amide bonds. The van der Waals surface area contributed by atoms with Crippen LogP contribution in [0.2, 0.25) is 0 Å². The molecule has 0 bridgehead atoms. The van der Waals surface area contributed by atoms with Gasteiger partial charge in [0.1, 0.15) is 17.3 Å². The van der Waals surface area contributed by atoms with E-state index in [2.05, 4.69) is 5.32 Å². The van der Waals surface area contributed by atoms with Crippen LogP contribution in [0.4, 0.5) is 19.3 Å². The molecule has 120 valence electrons. The zero-order valence-corrected chi connectivity index (χ0v) is 12.7. The molecule has 3 nitrogen and oxygen atoms in total. The van der Waals surface area contributed by atoms with Gasteiger partial charge in [0.15, 0.2) is 0 Å². The van der Waals surface area contributed by atoms with Crippen molar-refractivity contribution in [3.8, 4) is 0 Å². The van der Waals surface area contributed by atoms with Crippen LogP contribution in [0.1, 0.15) is 44.9 Å². The molecule has 1 N–H and O–H groups in total. The summed E-state index contributed by atoms with van der Waals surface area (Å²) >= 11 is 0. The van der Waals surface area contributed by atoms with E-state index in [-0.39, 0.29) is 17.8 Å². The molecule has 2 aliphatic rings. The quantitative estimate of drug-likeness (QED) is 0.854. The van der Waals surface area contributed by atoms with Crippen LogP contribution in [-0.4, -0.2) is 23.5 Å². The van der Waals surface area contributed by atoms with Gasteiger partial charge in [-0.2, -0.15) is 0 Å². The lowest BCUT2D eigenvalue weighted by Gasteiger charge is -2.34. The van der Waals surface area contributed by atoms with Gasteiger partial charge >= 0.3 is 6.03 Å². The number of carbonyl (C=O) groups is 1. The number of anilines is 1. The predicted molar refractivity (Wildman–Crippen MR) is 81.7 cm³/mol. The van der Waals surface area contributed by atoms with Crippen LogP contribution in [0, 0.1) is 17.6 Å². The third-order valence-electron chi connectivity index (χ3n) is 4.95. The first kappa shape index (κ1) is 15.3. The van der Waals surface area contributed by atoms with Crippen molar-refractivity contribution in [3.63, 3.8) is 0 Å². The highest BCUT2D eigenvalue weighted by molar-refractivity contribution is 5.90. The maximum atomic E-state index is 13.7. The van der Waals surface area contributed by atoms with E-state index in [0.717, 1.165) is 37.8 Å². The molecule has 1 atom stereocenters. The van der Waals surface area contributed by atoms with Gasteiger partial charge in [-0.25, -0.2) is 13.6 Å². The van der Waals surface area contributed by atoms with E-state index in [1.165, 1.54) is 25.3 Å². The lowest BCUT2D eigenvalue weighted by Crippen LogP contribution is -2.43. The number of carbonyl (C=O) groups excluding carboxylic acids is 1. The molecule has 1 saturated heterocycles. The second-order valence-corrected chi connectivity index (χ2v) is 6.33. The number of urea groups is 1. The Balaban J connectivity index is 1.70. The molecule has 0 aromatic heterocycles. The van der Waals surface area contributed by atoms with Crippen molar-refractivity contribution >= 4 is 11.7 Å². The fourth-order valence-electron chi connectivity index (χ4n) is 3.85. The van der Waals surface area contributed by atoms with Gasteiger partial charge in [0.25, 0.3) is 0 Å². The first-order chi connectivity index (χ1) is 10.7. The van der Waals surface area contributed by atoms with E-state index in [1.54, 1.807) is 4.90 Å². The Bertz CT molecular complexity index is 523. The molecule has 1 saturated carbocycles. The van der Waals surface area contributed by atoms with Gasteiger partial charge in [-0.1, -0.05) is 25.3 Å². The summed E-state index contributed by atoms with van der Waals surface area (Å²) in [4.78, 5) is 14.2. The molecule has 2 fully saturated rings. The van der Waals surface area contributed by atoms with Crippen molar-refractivity contribution < 1.29 is 13.6 Å². The van der Waals surface area contributed by atoms with Crippen LogP contribution in [0.5, 0.6) is 0 Å². The summed E-state index contributed by atoms with van der Waals surface area (Å²) in [5.41, 5.74) is -0.346. The number of hydrogen-bond donors (Lipinski definition) is 1. The fraction of sp³-hybridized carbons (Fsp3) is 0.588. The van der Waals surface area contributed by atoms with E-state index >= 15 is 0 Å². The van der Waals surface area contributed by atoms with E-state index in [9.17, 15) is 13.6 Å². The third kappa shape index (κ3) is 3.08. The van der Waals surface area contributed by atoms with Gasteiger partial charge < -0.3 is 10.2 Å². The van der Waals surface area contributed by atoms with Gasteiger partial charge in [-0.3, -0.25) is 0 Å². The second kappa shape index (κ2) is 6.63. The Labute approximate surface area is 129 Å². The summed E-state index contributed by atoms with van der Waals surface area (Å²) in [6.45, 7) is 0.670. The molecule has 22 heavy (non-hydrogen) atoms. The molecule has 3 rings (SSSR count). The number of nitrogens with zero attached hydrogens (tertiary/aromatic N) is 1. The van der Waals surface area contributed by atoms with Crippen LogP contribution in [0.3, 0.4) is 0 Å². The van der Waals surface area contributed by atoms with Crippen molar-refractivity contribution in [2.75, 3.05) is 11.9 Å². The Hall–Kier alpha value is -1.65. The summed E-state index contributed by atoms with van der Waals surface area (Å²) in [5.74, 6) is -0.934. The maximum absolute atomic E-state index is 13.7. The number of hydrogen-bond acceptors (Lipinski definition) is 1. The molecule has 1 aromatic rings. The minimum absolute atomic E-state index is 0.218. The Morgan fingerprint density at radius 3 is 2.41 bits per heavy atom. The number of amides is 2. The largest absolute Gasteiger partial charge is 0.322 e. The highest BCUT2D eigenvalue weighted by atomic mass is 19.1. The zero-order chi connectivity index (χ0) is 15.5. The van der Waals surface area contributed by atoms with E-state index < -0.39 is 11.6 Å². The van der Waals surface area contributed by atoms with Gasteiger partial charge in [0, 0.05) is 12.6 Å².